The van der Waals surface area contributed by atoms with Gasteiger partial charge in [0.25, 0.3) is 0 Å². The smallest absolute Gasteiger partial charge is 0.423 e. The quantitative estimate of drug-likeness (QED) is 0.160. The number of halogens is 3. The van der Waals surface area contributed by atoms with Gasteiger partial charge in [-0.05, 0) is 60.7 Å². The Morgan fingerprint density at radius 1 is 0.810 bits per heavy atom. The molecule has 1 aliphatic rings. The molecule has 0 aliphatic heterocycles. The van der Waals surface area contributed by atoms with Gasteiger partial charge in [-0.15, -0.1) is 13.2 Å². The molecule has 6 rings (SSSR count). The SMILES string of the molecule is Cc1c(-c2ccc(-c3ccc(OC(F)(F)F)cc3)cc2)nc2ccccc2c1OP(=O)(OCc1ccccc1)C1CC1. The summed E-state index contributed by atoms with van der Waals surface area (Å²) >= 11 is 0. The van der Waals surface area contributed by atoms with Gasteiger partial charge in [0.2, 0.25) is 0 Å². The Morgan fingerprint density at radius 3 is 2.05 bits per heavy atom. The van der Waals surface area contributed by atoms with Crippen LogP contribution in [-0.4, -0.2) is 17.0 Å². The van der Waals surface area contributed by atoms with Crippen molar-refractivity contribution in [1.82, 2.24) is 4.98 Å². The molecule has 42 heavy (non-hydrogen) atoms. The van der Waals surface area contributed by atoms with E-state index in [1.54, 1.807) is 12.1 Å². The fourth-order valence-electron chi connectivity index (χ4n) is 4.81. The number of alkyl halides is 3. The van der Waals surface area contributed by atoms with E-state index in [-0.39, 0.29) is 18.0 Å². The maximum Gasteiger partial charge on any atom is 0.573 e. The lowest BCUT2D eigenvalue weighted by atomic mass is 9.99. The molecule has 214 valence electrons. The van der Waals surface area contributed by atoms with E-state index in [0.29, 0.717) is 17.0 Å². The Hall–Kier alpha value is -4.13. The lowest BCUT2D eigenvalue weighted by Gasteiger charge is -2.22. The summed E-state index contributed by atoms with van der Waals surface area (Å²) in [4.78, 5) is 4.90. The predicted molar refractivity (Wildman–Crippen MR) is 157 cm³/mol. The summed E-state index contributed by atoms with van der Waals surface area (Å²) in [5.41, 5.74) is 5.25. The highest BCUT2D eigenvalue weighted by atomic mass is 31.2. The van der Waals surface area contributed by atoms with E-state index in [0.717, 1.165) is 46.0 Å². The number of hydrogen-bond donors (Lipinski definition) is 0. The van der Waals surface area contributed by atoms with E-state index >= 15 is 0 Å². The molecule has 0 saturated heterocycles. The summed E-state index contributed by atoms with van der Waals surface area (Å²) in [7, 11) is -3.48. The van der Waals surface area contributed by atoms with Gasteiger partial charge in [-0.2, -0.15) is 0 Å². The van der Waals surface area contributed by atoms with E-state index < -0.39 is 14.0 Å². The predicted octanol–water partition coefficient (Wildman–Crippen LogP) is 9.73. The average Bonchev–Trinajstić information content (AvgIpc) is 3.85. The second kappa shape index (κ2) is 11.3. The molecule has 1 heterocycles. The Morgan fingerprint density at radius 2 is 1.40 bits per heavy atom. The van der Waals surface area contributed by atoms with Crippen LogP contribution in [0.25, 0.3) is 33.3 Å². The molecule has 9 heteroatoms. The van der Waals surface area contributed by atoms with Gasteiger partial charge in [-0.3, -0.25) is 4.52 Å². The van der Waals surface area contributed by atoms with Gasteiger partial charge < -0.3 is 9.26 Å². The minimum absolute atomic E-state index is 0.150. The summed E-state index contributed by atoms with van der Waals surface area (Å²) in [6.07, 6.45) is -3.17. The largest absolute Gasteiger partial charge is 0.573 e. The van der Waals surface area contributed by atoms with Crippen LogP contribution in [0.4, 0.5) is 13.2 Å². The van der Waals surface area contributed by atoms with Crippen LogP contribution >= 0.6 is 7.60 Å². The highest BCUT2D eigenvalue weighted by molar-refractivity contribution is 7.55. The van der Waals surface area contributed by atoms with Crippen LogP contribution in [0.15, 0.2) is 103 Å². The van der Waals surface area contributed by atoms with Crippen LogP contribution in [-0.2, 0) is 15.7 Å². The Labute approximate surface area is 241 Å². The van der Waals surface area contributed by atoms with Crippen molar-refractivity contribution in [1.29, 1.82) is 0 Å². The van der Waals surface area contributed by atoms with Crippen LogP contribution in [0.1, 0.15) is 24.0 Å². The van der Waals surface area contributed by atoms with Gasteiger partial charge >= 0.3 is 14.0 Å². The van der Waals surface area contributed by atoms with Gasteiger partial charge in [-0.1, -0.05) is 78.9 Å². The van der Waals surface area contributed by atoms with Crippen LogP contribution in [0.2, 0.25) is 0 Å². The van der Waals surface area contributed by atoms with Crippen molar-refractivity contribution in [2.45, 2.75) is 38.4 Å². The molecular weight excluding hydrogens is 562 g/mol. The van der Waals surface area contributed by atoms with Crippen molar-refractivity contribution in [2.75, 3.05) is 0 Å². The fourth-order valence-corrected chi connectivity index (χ4v) is 6.82. The Bertz CT molecular complexity index is 1750. The molecule has 1 unspecified atom stereocenters. The lowest BCUT2D eigenvalue weighted by Crippen LogP contribution is -2.16. The molecule has 5 nitrogen and oxygen atoms in total. The number of ether oxygens (including phenoxy) is 1. The fraction of sp³-hybridized carbons (Fsp3) is 0.182. The van der Waals surface area contributed by atoms with Crippen molar-refractivity contribution >= 4 is 18.5 Å². The van der Waals surface area contributed by atoms with Crippen molar-refractivity contribution in [3.8, 4) is 33.9 Å². The van der Waals surface area contributed by atoms with Crippen LogP contribution < -0.4 is 9.26 Å². The summed E-state index contributed by atoms with van der Waals surface area (Å²) in [6.45, 7) is 2.08. The molecule has 5 aromatic rings. The first kappa shape index (κ1) is 28.0. The molecule has 0 radical (unpaired) electrons. The molecule has 4 aromatic carbocycles. The molecule has 0 amide bonds. The molecule has 0 bridgehead atoms. The molecule has 0 spiro atoms. The number of fused-ring (bicyclic) bond motifs is 1. The zero-order valence-corrected chi connectivity index (χ0v) is 23.6. The summed E-state index contributed by atoms with van der Waals surface area (Å²) in [6, 6.07) is 30.4. The van der Waals surface area contributed by atoms with Crippen molar-refractivity contribution < 1.29 is 31.5 Å². The van der Waals surface area contributed by atoms with Gasteiger partial charge in [0.15, 0.2) is 0 Å². The van der Waals surface area contributed by atoms with E-state index in [1.165, 1.54) is 12.1 Å². The summed E-state index contributed by atoms with van der Waals surface area (Å²) < 4.78 is 68.1. The van der Waals surface area contributed by atoms with Gasteiger partial charge in [0.05, 0.1) is 23.5 Å². The van der Waals surface area contributed by atoms with Gasteiger partial charge in [0.1, 0.15) is 11.5 Å². The average molecular weight is 590 g/mol. The molecular formula is C33H27F3NO4P. The second-order valence-electron chi connectivity index (χ2n) is 10.2. The third-order valence-electron chi connectivity index (χ3n) is 7.12. The van der Waals surface area contributed by atoms with E-state index in [4.69, 9.17) is 14.0 Å². The standard InChI is InChI=1S/C33H27F3NO4P/c1-22-31(26-13-11-24(12-14-26)25-15-17-27(18-16-25)40-33(34,35)36)37-30-10-6-5-9-29(30)32(22)41-42(38,28-19-20-28)39-21-23-7-3-2-4-8-23/h2-18,28H,19-21H2,1H3. The van der Waals surface area contributed by atoms with Crippen LogP contribution in [0, 0.1) is 6.92 Å². The first-order valence-corrected chi connectivity index (χ1v) is 15.1. The normalized spacial score (nSPS) is 14.9. The highest BCUT2D eigenvalue weighted by Gasteiger charge is 2.46. The first-order valence-electron chi connectivity index (χ1n) is 13.5. The second-order valence-corrected chi connectivity index (χ2v) is 12.5. The zero-order chi connectivity index (χ0) is 29.3. The van der Waals surface area contributed by atoms with E-state index in [1.807, 2.05) is 85.8 Å². The summed E-state index contributed by atoms with van der Waals surface area (Å²) in [5, 5.41) is 0.751. The number of nitrogens with zero attached hydrogens (tertiary/aromatic N) is 1. The minimum atomic E-state index is -4.74. The molecule has 1 atom stereocenters. The molecule has 1 aromatic heterocycles. The number of aromatic nitrogens is 1. The van der Waals surface area contributed by atoms with Crippen molar-refractivity contribution in [3.63, 3.8) is 0 Å². The lowest BCUT2D eigenvalue weighted by molar-refractivity contribution is -0.274. The molecule has 1 fully saturated rings. The van der Waals surface area contributed by atoms with E-state index in [2.05, 4.69) is 4.74 Å². The van der Waals surface area contributed by atoms with E-state index in [9.17, 15) is 17.7 Å². The van der Waals surface area contributed by atoms with Gasteiger partial charge in [-0.25, -0.2) is 9.55 Å². The highest BCUT2D eigenvalue weighted by Crippen LogP contribution is 2.63. The zero-order valence-electron chi connectivity index (χ0n) is 22.7. The van der Waals surface area contributed by atoms with Crippen LogP contribution in [0.3, 0.4) is 0 Å². The first-order chi connectivity index (χ1) is 20.2. The number of benzene rings is 4. The third kappa shape index (κ3) is 6.20. The number of rotatable bonds is 9. The maximum absolute atomic E-state index is 14.1. The minimum Gasteiger partial charge on any atom is -0.423 e. The topological polar surface area (TPSA) is 57.7 Å². The molecule has 1 aliphatic carbocycles. The maximum atomic E-state index is 14.1. The number of pyridine rings is 1. The third-order valence-corrected chi connectivity index (χ3v) is 9.46. The number of para-hydroxylation sites is 1. The van der Waals surface area contributed by atoms with Crippen molar-refractivity contribution in [3.05, 3.63) is 114 Å². The Kier molecular flexibility index (Phi) is 7.52. The molecule has 1 saturated carbocycles. The monoisotopic (exact) mass is 589 g/mol. The Balaban J connectivity index is 1.31. The molecule has 0 N–H and O–H groups in total. The summed E-state index contributed by atoms with van der Waals surface area (Å²) in [5.74, 6) is 0.214. The van der Waals surface area contributed by atoms with Crippen LogP contribution in [0.5, 0.6) is 11.5 Å². The number of hydrogen-bond acceptors (Lipinski definition) is 5. The van der Waals surface area contributed by atoms with Gasteiger partial charge in [0, 0.05) is 16.5 Å². The van der Waals surface area contributed by atoms with Crippen molar-refractivity contribution in [2.24, 2.45) is 0 Å².